The summed E-state index contributed by atoms with van der Waals surface area (Å²) in [6, 6.07) is -0.257. The number of likely N-dealkylation sites (tertiary alicyclic amines) is 1. The van der Waals surface area contributed by atoms with E-state index in [1.807, 2.05) is 16.7 Å². The highest BCUT2D eigenvalue weighted by molar-refractivity contribution is 5.81. The van der Waals surface area contributed by atoms with E-state index in [-0.39, 0.29) is 25.2 Å². The van der Waals surface area contributed by atoms with Gasteiger partial charge in [-0.2, -0.15) is 0 Å². The molecule has 5 nitrogen and oxygen atoms in total. The third-order valence-electron chi connectivity index (χ3n) is 3.35. The van der Waals surface area contributed by atoms with Crippen LogP contribution in [0.2, 0.25) is 0 Å². The Labute approximate surface area is 103 Å². The largest absolute Gasteiger partial charge is 0.395 e. The van der Waals surface area contributed by atoms with Crippen molar-refractivity contribution in [1.82, 2.24) is 9.80 Å². The van der Waals surface area contributed by atoms with Crippen LogP contribution in [-0.2, 0) is 4.79 Å². The molecule has 5 heteroatoms. The Morgan fingerprint density at radius 1 is 1.18 bits per heavy atom. The molecular weight excluding hydrogens is 220 g/mol. The van der Waals surface area contributed by atoms with Gasteiger partial charge in [0, 0.05) is 26.2 Å². The van der Waals surface area contributed by atoms with Gasteiger partial charge in [-0.1, -0.05) is 0 Å². The van der Waals surface area contributed by atoms with E-state index in [1.54, 1.807) is 0 Å². The molecule has 1 rings (SSSR count). The Hall–Kier alpha value is -0.650. The number of nitrogens with zero attached hydrogens (tertiary/aromatic N) is 2. The SMILES string of the molecule is CC(C(=O)N1CCCCC1)N(CCO)CCO. The van der Waals surface area contributed by atoms with Gasteiger partial charge in [0.25, 0.3) is 0 Å². The Bertz CT molecular complexity index is 224. The second kappa shape index (κ2) is 7.63. The monoisotopic (exact) mass is 244 g/mol. The average Bonchev–Trinajstić information content (AvgIpc) is 2.38. The topological polar surface area (TPSA) is 64.0 Å². The first-order chi connectivity index (χ1) is 8.20. The molecule has 0 aliphatic carbocycles. The summed E-state index contributed by atoms with van der Waals surface area (Å²) in [5.41, 5.74) is 0. The minimum Gasteiger partial charge on any atom is -0.395 e. The van der Waals surface area contributed by atoms with E-state index in [4.69, 9.17) is 10.2 Å². The third kappa shape index (κ3) is 4.26. The fourth-order valence-corrected chi connectivity index (χ4v) is 2.29. The summed E-state index contributed by atoms with van der Waals surface area (Å²) in [5, 5.41) is 17.9. The first-order valence-electron chi connectivity index (χ1n) is 6.45. The van der Waals surface area contributed by atoms with Gasteiger partial charge in [0.2, 0.25) is 5.91 Å². The lowest BCUT2D eigenvalue weighted by Crippen LogP contribution is -2.50. The Kier molecular flexibility index (Phi) is 6.47. The maximum atomic E-state index is 12.2. The molecule has 2 N–H and O–H groups in total. The molecule has 0 saturated carbocycles. The molecule has 0 radical (unpaired) electrons. The summed E-state index contributed by atoms with van der Waals surface area (Å²) >= 11 is 0. The van der Waals surface area contributed by atoms with Gasteiger partial charge in [0.05, 0.1) is 19.3 Å². The summed E-state index contributed by atoms with van der Waals surface area (Å²) in [7, 11) is 0. The van der Waals surface area contributed by atoms with Gasteiger partial charge in [-0.15, -0.1) is 0 Å². The van der Waals surface area contributed by atoms with Crippen molar-refractivity contribution >= 4 is 5.91 Å². The van der Waals surface area contributed by atoms with E-state index in [0.29, 0.717) is 13.1 Å². The van der Waals surface area contributed by atoms with Gasteiger partial charge in [-0.3, -0.25) is 9.69 Å². The molecule has 100 valence electrons. The lowest BCUT2D eigenvalue weighted by atomic mass is 10.1. The van der Waals surface area contributed by atoms with Crippen LogP contribution in [0.15, 0.2) is 0 Å². The van der Waals surface area contributed by atoms with Gasteiger partial charge >= 0.3 is 0 Å². The fourth-order valence-electron chi connectivity index (χ4n) is 2.29. The maximum Gasteiger partial charge on any atom is 0.239 e. The Morgan fingerprint density at radius 3 is 2.18 bits per heavy atom. The Morgan fingerprint density at radius 2 is 1.71 bits per heavy atom. The number of rotatable bonds is 6. The molecule has 0 aromatic carbocycles. The smallest absolute Gasteiger partial charge is 0.239 e. The zero-order valence-electron chi connectivity index (χ0n) is 10.6. The molecule has 1 saturated heterocycles. The summed E-state index contributed by atoms with van der Waals surface area (Å²) in [5.74, 6) is 0.117. The molecule has 1 aliphatic heterocycles. The highest BCUT2D eigenvalue weighted by atomic mass is 16.3. The maximum absolute atomic E-state index is 12.2. The molecule has 1 atom stereocenters. The summed E-state index contributed by atoms with van der Waals surface area (Å²) in [6.45, 7) is 4.42. The van der Waals surface area contributed by atoms with Crippen LogP contribution in [0.4, 0.5) is 0 Å². The average molecular weight is 244 g/mol. The molecule has 1 amide bonds. The number of hydrogen-bond acceptors (Lipinski definition) is 4. The number of hydrogen-bond donors (Lipinski definition) is 2. The molecule has 1 fully saturated rings. The lowest BCUT2D eigenvalue weighted by Gasteiger charge is -2.34. The number of piperidine rings is 1. The standard InChI is InChI=1S/C12H24N2O3/c1-11(13(7-9-15)8-10-16)12(17)14-5-3-2-4-6-14/h11,15-16H,2-10H2,1H3. The van der Waals surface area contributed by atoms with E-state index in [2.05, 4.69) is 0 Å². The van der Waals surface area contributed by atoms with Crippen molar-refractivity contribution < 1.29 is 15.0 Å². The quantitative estimate of drug-likeness (QED) is 0.672. The lowest BCUT2D eigenvalue weighted by molar-refractivity contribution is -0.137. The van der Waals surface area contributed by atoms with Crippen molar-refractivity contribution in [3.63, 3.8) is 0 Å². The van der Waals surface area contributed by atoms with Crippen molar-refractivity contribution in [2.45, 2.75) is 32.2 Å². The van der Waals surface area contributed by atoms with Crippen molar-refractivity contribution in [3.05, 3.63) is 0 Å². The van der Waals surface area contributed by atoms with E-state index in [0.717, 1.165) is 25.9 Å². The molecule has 0 bridgehead atoms. The highest BCUT2D eigenvalue weighted by Gasteiger charge is 2.26. The van der Waals surface area contributed by atoms with E-state index >= 15 is 0 Å². The number of carbonyl (C=O) groups is 1. The van der Waals surface area contributed by atoms with Crippen LogP contribution in [0.5, 0.6) is 0 Å². The molecule has 0 spiro atoms. The molecule has 1 heterocycles. The number of amides is 1. The van der Waals surface area contributed by atoms with E-state index < -0.39 is 0 Å². The molecule has 17 heavy (non-hydrogen) atoms. The first-order valence-corrected chi connectivity index (χ1v) is 6.45. The van der Waals surface area contributed by atoms with Crippen molar-refractivity contribution in [2.24, 2.45) is 0 Å². The van der Waals surface area contributed by atoms with Crippen LogP contribution in [0, 0.1) is 0 Å². The zero-order valence-corrected chi connectivity index (χ0v) is 10.6. The predicted octanol–water partition coefficient (Wildman–Crippen LogP) is -0.326. The van der Waals surface area contributed by atoms with Crippen molar-refractivity contribution in [3.8, 4) is 0 Å². The van der Waals surface area contributed by atoms with E-state index in [9.17, 15) is 4.79 Å². The van der Waals surface area contributed by atoms with Crippen molar-refractivity contribution in [2.75, 3.05) is 39.4 Å². The van der Waals surface area contributed by atoms with Gasteiger partial charge in [0.1, 0.15) is 0 Å². The normalized spacial score (nSPS) is 18.5. The fraction of sp³-hybridized carbons (Fsp3) is 0.917. The summed E-state index contributed by atoms with van der Waals surface area (Å²) < 4.78 is 0. The Balaban J connectivity index is 2.51. The predicted molar refractivity (Wildman–Crippen MR) is 65.6 cm³/mol. The van der Waals surface area contributed by atoms with Crippen molar-refractivity contribution in [1.29, 1.82) is 0 Å². The zero-order chi connectivity index (χ0) is 12.7. The molecule has 1 aliphatic rings. The van der Waals surface area contributed by atoms with Crippen LogP contribution in [0.3, 0.4) is 0 Å². The number of carbonyl (C=O) groups excluding carboxylic acids is 1. The number of aliphatic hydroxyl groups excluding tert-OH is 2. The minimum atomic E-state index is -0.257. The summed E-state index contributed by atoms with van der Waals surface area (Å²) in [4.78, 5) is 15.9. The molecule has 1 unspecified atom stereocenters. The minimum absolute atomic E-state index is 0.0115. The second-order valence-electron chi connectivity index (χ2n) is 4.55. The van der Waals surface area contributed by atoms with Crippen LogP contribution < -0.4 is 0 Å². The first kappa shape index (κ1) is 14.4. The van der Waals surface area contributed by atoms with Gasteiger partial charge < -0.3 is 15.1 Å². The van der Waals surface area contributed by atoms with Crippen LogP contribution in [-0.4, -0.2) is 71.4 Å². The van der Waals surface area contributed by atoms with Gasteiger partial charge in [0.15, 0.2) is 0 Å². The number of aliphatic hydroxyl groups is 2. The molecular formula is C12H24N2O3. The molecule has 0 aromatic heterocycles. The van der Waals surface area contributed by atoms with Crippen LogP contribution in [0.25, 0.3) is 0 Å². The van der Waals surface area contributed by atoms with Crippen LogP contribution >= 0.6 is 0 Å². The van der Waals surface area contributed by atoms with Crippen LogP contribution in [0.1, 0.15) is 26.2 Å². The second-order valence-corrected chi connectivity index (χ2v) is 4.55. The van der Waals surface area contributed by atoms with E-state index in [1.165, 1.54) is 6.42 Å². The summed E-state index contributed by atoms with van der Waals surface area (Å²) in [6.07, 6.45) is 3.37. The third-order valence-corrected chi connectivity index (χ3v) is 3.35. The molecule has 0 aromatic rings. The van der Waals surface area contributed by atoms with Gasteiger partial charge in [-0.05, 0) is 26.2 Å². The van der Waals surface area contributed by atoms with Gasteiger partial charge in [-0.25, -0.2) is 0 Å². The highest BCUT2D eigenvalue weighted by Crippen LogP contribution is 2.12.